The normalized spacial score (nSPS) is 22.0. The zero-order chi connectivity index (χ0) is 40.8. The zero-order valence-electron chi connectivity index (χ0n) is 32.8. The lowest BCUT2D eigenvalue weighted by Gasteiger charge is -2.40. The first-order chi connectivity index (χ1) is 28.8. The molecule has 12 nitrogen and oxygen atoms in total. The molecule has 0 aliphatic carbocycles. The average molecular weight is 856 g/mol. The number of aromatic nitrogens is 2. The van der Waals surface area contributed by atoms with E-state index in [-0.39, 0.29) is 18.3 Å². The van der Waals surface area contributed by atoms with Crippen LogP contribution in [0.15, 0.2) is 131 Å². The van der Waals surface area contributed by atoms with Crippen LogP contribution < -0.4 is 20.7 Å². The summed E-state index contributed by atoms with van der Waals surface area (Å²) in [5.74, 6) is 2.70. The minimum absolute atomic E-state index is 0.00495. The highest BCUT2D eigenvalue weighted by Gasteiger charge is 2.65. The van der Waals surface area contributed by atoms with E-state index in [4.69, 9.17) is 28.2 Å². The number of carbonyl (C=O) groups excluding carboxylic acids is 1. The number of thioether (sulfide) groups is 1. The molecular formula is C44H46N3O9PS2. The smallest absolute Gasteiger partial charge is 0.330 e. The summed E-state index contributed by atoms with van der Waals surface area (Å²) in [6, 6.07) is 36.3. The van der Waals surface area contributed by atoms with Gasteiger partial charge in [0.05, 0.1) is 27.4 Å². The topological polar surface area (TPSA) is 131 Å². The summed E-state index contributed by atoms with van der Waals surface area (Å²) in [4.78, 5) is 40.7. The van der Waals surface area contributed by atoms with Crippen LogP contribution in [0.3, 0.4) is 0 Å². The average Bonchev–Trinajstić information content (AvgIpc) is 4.01. The molecule has 15 heteroatoms. The van der Waals surface area contributed by atoms with E-state index in [0.717, 1.165) is 42.6 Å². The standard InChI is InChI=1S/C44H46N3O9PS2/c1-51-35-19-15-33(16-20-35)44(32-13-7-4-8-14-32,34-17-21-36(52-2)22-18-34)54-30-43-29-53-38(40(55-43)47-26-23-37(48)45-42(47)50)39(43)56-57(46-24-9-10-25-46)59-28-27-58-41(49)31-11-5-3-6-12-31/h3-8,11-23,26,38-40H,9-10,24-25,27-30H2,1-2H3,(H,45,48,50)/t38-,39?,40+,43+,57?/m0/s1. The summed E-state index contributed by atoms with van der Waals surface area (Å²) < 4.78 is 43.0. The van der Waals surface area contributed by atoms with Gasteiger partial charge in [0.25, 0.3) is 5.56 Å². The number of carbonyl (C=O) groups is 1. The number of H-pyrrole nitrogens is 1. The van der Waals surface area contributed by atoms with E-state index in [2.05, 4.69) is 9.65 Å². The number of nitrogens with one attached hydrogen (secondary N) is 1. The first-order valence-corrected chi connectivity index (χ1v) is 23.3. The number of benzene rings is 4. The molecule has 1 N–H and O–H groups in total. The van der Waals surface area contributed by atoms with Gasteiger partial charge in [0.1, 0.15) is 34.9 Å². The summed E-state index contributed by atoms with van der Waals surface area (Å²) >= 11 is 3.00. The van der Waals surface area contributed by atoms with Crippen LogP contribution in [0.5, 0.6) is 11.5 Å². The van der Waals surface area contributed by atoms with Crippen LogP contribution >= 0.6 is 30.6 Å². The van der Waals surface area contributed by atoms with Crippen molar-refractivity contribution >= 4 is 35.8 Å². The first-order valence-electron chi connectivity index (χ1n) is 19.5. The number of methoxy groups -OCH3 is 2. The molecule has 0 saturated carbocycles. The van der Waals surface area contributed by atoms with Gasteiger partial charge in [-0.05, 0) is 53.8 Å². The molecule has 5 aromatic rings. The van der Waals surface area contributed by atoms with Crippen LogP contribution in [-0.2, 0) is 24.3 Å². The molecule has 4 heterocycles. The molecule has 5 atom stereocenters. The molecule has 2 unspecified atom stereocenters. The number of ether oxygens (including phenoxy) is 5. The fourth-order valence-electron chi connectivity index (χ4n) is 7.85. The minimum Gasteiger partial charge on any atom is -0.497 e. The van der Waals surface area contributed by atoms with E-state index < -0.39 is 48.4 Å². The van der Waals surface area contributed by atoms with E-state index >= 15 is 0 Å². The van der Waals surface area contributed by atoms with E-state index in [0.29, 0.717) is 28.6 Å². The molecule has 3 saturated heterocycles. The third-order valence-electron chi connectivity index (χ3n) is 10.9. The van der Waals surface area contributed by atoms with E-state index in [1.54, 1.807) is 25.6 Å². The van der Waals surface area contributed by atoms with Gasteiger partial charge in [-0.15, -0.1) is 0 Å². The Balaban J connectivity index is 1.15. The van der Waals surface area contributed by atoms with Gasteiger partial charge < -0.3 is 28.2 Å². The van der Waals surface area contributed by atoms with Gasteiger partial charge in [0.2, 0.25) is 5.12 Å². The molecule has 4 aromatic carbocycles. The third kappa shape index (κ3) is 8.69. The van der Waals surface area contributed by atoms with Gasteiger partial charge in [-0.1, -0.05) is 108 Å². The lowest BCUT2D eigenvalue weighted by molar-refractivity contribution is -0.203. The van der Waals surface area contributed by atoms with Crippen molar-refractivity contribution in [2.75, 3.05) is 52.0 Å². The highest BCUT2D eigenvalue weighted by molar-refractivity contribution is 8.53. The number of hydrogen-bond donors (Lipinski definition) is 1. The Morgan fingerprint density at radius 1 is 0.831 bits per heavy atom. The highest BCUT2D eigenvalue weighted by Crippen LogP contribution is 2.61. The maximum atomic E-state index is 13.3. The second kappa shape index (κ2) is 18.6. The molecule has 3 aliphatic rings. The summed E-state index contributed by atoms with van der Waals surface area (Å²) in [6.45, 7) is 1.91. The predicted octanol–water partition coefficient (Wildman–Crippen LogP) is 7.24. The molecule has 8 rings (SSSR count). The molecule has 2 bridgehead atoms. The second-order valence-corrected chi connectivity index (χ2v) is 19.1. The highest BCUT2D eigenvalue weighted by atomic mass is 32.7. The molecular weight excluding hydrogens is 810 g/mol. The van der Waals surface area contributed by atoms with Crippen LogP contribution in [0.1, 0.15) is 46.1 Å². The third-order valence-corrected chi connectivity index (χ3v) is 16.1. The summed E-state index contributed by atoms with van der Waals surface area (Å²) in [5.41, 5.74) is -0.203. The SMILES string of the molecule is COc1ccc(C(OC[C@]23CO[C@@H](C2OP(SCCSC(=O)c2ccccc2)N2CCCC2)[C@H](n2ccc(=O)[nH]c2=O)O3)(c2ccccc2)c2ccc(OC)cc2)cc1. The Morgan fingerprint density at radius 3 is 2.05 bits per heavy atom. The zero-order valence-corrected chi connectivity index (χ0v) is 35.3. The fraction of sp³-hybridized carbons (Fsp3) is 0.341. The van der Waals surface area contributed by atoms with E-state index in [1.165, 1.54) is 28.6 Å². The molecule has 0 amide bonds. The monoisotopic (exact) mass is 855 g/mol. The summed E-state index contributed by atoms with van der Waals surface area (Å²) in [6.07, 6.45) is 1.27. The van der Waals surface area contributed by atoms with Crippen molar-refractivity contribution in [1.29, 1.82) is 0 Å². The Bertz CT molecular complexity index is 2250. The van der Waals surface area contributed by atoms with Crippen molar-refractivity contribution in [1.82, 2.24) is 14.2 Å². The molecule has 308 valence electrons. The molecule has 3 fully saturated rings. The summed E-state index contributed by atoms with van der Waals surface area (Å²) in [5, 5.41) is 0.0363. The van der Waals surface area contributed by atoms with E-state index in [9.17, 15) is 14.4 Å². The number of hydrogen-bond acceptors (Lipinski definition) is 12. The van der Waals surface area contributed by atoms with Crippen LogP contribution in [0, 0.1) is 0 Å². The van der Waals surface area contributed by atoms with Crippen molar-refractivity contribution < 1.29 is 33.0 Å². The summed E-state index contributed by atoms with van der Waals surface area (Å²) in [7, 11) is 2.02. The Morgan fingerprint density at radius 2 is 1.44 bits per heavy atom. The van der Waals surface area contributed by atoms with Gasteiger partial charge >= 0.3 is 5.69 Å². The van der Waals surface area contributed by atoms with Gasteiger partial charge in [-0.2, -0.15) is 0 Å². The van der Waals surface area contributed by atoms with Crippen LogP contribution in [-0.4, -0.2) is 89.2 Å². The largest absolute Gasteiger partial charge is 0.497 e. The maximum Gasteiger partial charge on any atom is 0.330 e. The molecule has 59 heavy (non-hydrogen) atoms. The lowest BCUT2D eigenvalue weighted by Crippen LogP contribution is -2.49. The number of nitrogens with zero attached hydrogens (tertiary/aromatic N) is 2. The van der Waals surface area contributed by atoms with Crippen molar-refractivity contribution in [3.63, 3.8) is 0 Å². The van der Waals surface area contributed by atoms with Crippen LogP contribution in [0.25, 0.3) is 0 Å². The number of rotatable bonds is 17. The van der Waals surface area contributed by atoms with Gasteiger partial charge in [0, 0.05) is 42.4 Å². The van der Waals surface area contributed by atoms with Gasteiger partial charge in [-0.25, -0.2) is 4.79 Å². The first kappa shape index (κ1) is 41.5. The van der Waals surface area contributed by atoms with Crippen molar-refractivity contribution in [2.45, 2.75) is 42.5 Å². The number of aromatic amines is 1. The molecule has 0 spiro atoms. The quantitative estimate of drug-likeness (QED) is 0.0575. The van der Waals surface area contributed by atoms with E-state index in [1.807, 2.05) is 109 Å². The Hall–Kier alpha value is -4.24. The fourth-order valence-corrected chi connectivity index (χ4v) is 13.2. The van der Waals surface area contributed by atoms with Crippen molar-refractivity contribution in [3.05, 3.63) is 165 Å². The van der Waals surface area contributed by atoms with Gasteiger partial charge in [0.15, 0.2) is 13.7 Å². The van der Waals surface area contributed by atoms with Crippen molar-refractivity contribution in [3.8, 4) is 11.5 Å². The maximum absolute atomic E-state index is 13.3. The van der Waals surface area contributed by atoms with Crippen LogP contribution in [0.2, 0.25) is 0 Å². The van der Waals surface area contributed by atoms with Crippen molar-refractivity contribution in [2.24, 2.45) is 0 Å². The molecule has 0 radical (unpaired) electrons. The second-order valence-electron chi connectivity index (χ2n) is 14.4. The van der Waals surface area contributed by atoms with Gasteiger partial charge in [-0.3, -0.25) is 23.8 Å². The number of fused-ring (bicyclic) bond motifs is 2. The Labute approximate surface area is 352 Å². The predicted molar refractivity (Wildman–Crippen MR) is 230 cm³/mol. The molecule has 1 aromatic heterocycles. The lowest BCUT2D eigenvalue weighted by atomic mass is 9.79. The van der Waals surface area contributed by atoms with Crippen LogP contribution in [0.4, 0.5) is 0 Å². The molecule has 3 aliphatic heterocycles. The Kier molecular flexibility index (Phi) is 13.1. The minimum atomic E-state index is -1.25.